The van der Waals surface area contributed by atoms with E-state index in [9.17, 15) is 0 Å². The van der Waals surface area contributed by atoms with Crippen molar-refractivity contribution in [1.82, 2.24) is 10.4 Å². The van der Waals surface area contributed by atoms with Crippen LogP contribution < -0.4 is 19.6 Å². The van der Waals surface area contributed by atoms with Gasteiger partial charge in [-0.05, 0) is 67.3 Å². The van der Waals surface area contributed by atoms with E-state index in [0.717, 1.165) is 39.6 Å². The van der Waals surface area contributed by atoms with Gasteiger partial charge < -0.3 is 19.6 Å². The summed E-state index contributed by atoms with van der Waals surface area (Å²) in [5.74, 6) is 2.41. The van der Waals surface area contributed by atoms with Crippen molar-refractivity contribution >= 4 is 17.5 Å². The van der Waals surface area contributed by atoms with E-state index in [1.165, 1.54) is 4.90 Å². The van der Waals surface area contributed by atoms with E-state index in [4.69, 9.17) is 14.2 Å². The van der Waals surface area contributed by atoms with E-state index < -0.39 is 0 Å². The molecule has 2 aliphatic heterocycles. The number of hydrogen-bond donors (Lipinski definition) is 1. The monoisotopic (exact) mass is 446 g/mol. The molecule has 0 bridgehead atoms. The molecule has 0 aliphatic carbocycles. The molecule has 5 rings (SSSR count). The number of fused-ring (bicyclic) bond motifs is 3. The molecule has 0 amide bonds. The Morgan fingerprint density at radius 1 is 1.03 bits per heavy atom. The summed E-state index contributed by atoms with van der Waals surface area (Å²) in [6.45, 7) is 2.65. The molecule has 2 unspecified atom stereocenters. The van der Waals surface area contributed by atoms with Crippen molar-refractivity contribution < 1.29 is 14.2 Å². The number of nitrogens with zero attached hydrogens (tertiary/aromatic N) is 1. The number of nitrogens with one attached hydrogen (secondary N) is 1. The van der Waals surface area contributed by atoms with E-state index in [1.807, 2.05) is 31.2 Å². The van der Waals surface area contributed by atoms with Gasteiger partial charge in [-0.1, -0.05) is 24.3 Å². The first-order chi connectivity index (χ1) is 15.7. The predicted molar refractivity (Wildman–Crippen MR) is 128 cm³/mol. The van der Waals surface area contributed by atoms with Crippen LogP contribution in [0.3, 0.4) is 0 Å². The molecule has 32 heavy (non-hydrogen) atoms. The van der Waals surface area contributed by atoms with Crippen LogP contribution in [0.15, 0.2) is 77.7 Å². The second-order valence-electron chi connectivity index (χ2n) is 7.62. The van der Waals surface area contributed by atoms with Crippen LogP contribution in [0, 0.1) is 0 Å². The molecule has 2 heterocycles. The highest BCUT2D eigenvalue weighted by atomic mass is 32.2. The van der Waals surface area contributed by atoms with Crippen LogP contribution in [-0.4, -0.2) is 25.0 Å². The normalized spacial score (nSPS) is 19.3. The van der Waals surface area contributed by atoms with Crippen molar-refractivity contribution in [2.75, 3.05) is 20.0 Å². The minimum Gasteiger partial charge on any atom is -0.494 e. The van der Waals surface area contributed by atoms with Gasteiger partial charge in [0, 0.05) is 16.0 Å². The number of ether oxygens (including phenoxy) is 3. The fourth-order valence-electron chi connectivity index (χ4n) is 4.20. The predicted octanol–water partition coefficient (Wildman–Crippen LogP) is 5.81. The van der Waals surface area contributed by atoms with Gasteiger partial charge in [0.15, 0.2) is 17.7 Å². The summed E-state index contributed by atoms with van der Waals surface area (Å²) in [7, 11) is 1.68. The molecule has 2 aliphatic rings. The Morgan fingerprint density at radius 2 is 1.81 bits per heavy atom. The summed E-state index contributed by atoms with van der Waals surface area (Å²) in [6, 6.07) is 22.8. The Balaban J connectivity index is 1.54. The van der Waals surface area contributed by atoms with Crippen LogP contribution in [0.4, 0.5) is 0 Å². The smallest absolute Gasteiger partial charge is 0.196 e. The lowest BCUT2D eigenvalue weighted by Gasteiger charge is -2.39. The SMILES string of the molecule is CCOc1ccc(C2=CC3c4cccc(OC)c4OC(c4ccc(SC)cc4)N3N2)cc1. The summed E-state index contributed by atoms with van der Waals surface area (Å²) in [5, 5.41) is 2.17. The first kappa shape index (κ1) is 20.8. The molecule has 6 heteroatoms. The number of rotatable bonds is 6. The van der Waals surface area contributed by atoms with E-state index in [1.54, 1.807) is 18.9 Å². The van der Waals surface area contributed by atoms with Crippen LogP contribution >= 0.6 is 11.8 Å². The molecular formula is C26H26N2O3S. The van der Waals surface area contributed by atoms with Gasteiger partial charge in [0.1, 0.15) is 5.75 Å². The second kappa shape index (κ2) is 8.81. The quantitative estimate of drug-likeness (QED) is 0.482. The van der Waals surface area contributed by atoms with Gasteiger partial charge in [-0.2, -0.15) is 5.01 Å². The number of benzene rings is 3. The van der Waals surface area contributed by atoms with Crippen LogP contribution in [0.1, 0.15) is 35.9 Å². The molecule has 3 aromatic rings. The Bertz CT molecular complexity index is 1130. The van der Waals surface area contributed by atoms with E-state index in [0.29, 0.717) is 6.61 Å². The average molecular weight is 447 g/mol. The van der Waals surface area contributed by atoms with Crippen LogP contribution in [0.25, 0.3) is 5.70 Å². The highest BCUT2D eigenvalue weighted by Crippen LogP contribution is 2.49. The van der Waals surface area contributed by atoms with Crippen LogP contribution in [0.5, 0.6) is 17.2 Å². The summed E-state index contributed by atoms with van der Waals surface area (Å²) in [6.07, 6.45) is 4.04. The van der Waals surface area contributed by atoms with Gasteiger partial charge in [0.25, 0.3) is 0 Å². The lowest BCUT2D eigenvalue weighted by Crippen LogP contribution is -2.43. The summed E-state index contributed by atoms with van der Waals surface area (Å²) in [4.78, 5) is 1.22. The summed E-state index contributed by atoms with van der Waals surface area (Å²) >= 11 is 1.73. The molecule has 0 saturated heterocycles. The number of hydrazine groups is 1. The Kier molecular flexibility index (Phi) is 5.72. The van der Waals surface area contributed by atoms with Gasteiger partial charge in [-0.3, -0.25) is 0 Å². The van der Waals surface area contributed by atoms with E-state index >= 15 is 0 Å². The Hall–Kier alpha value is -3.09. The zero-order valence-corrected chi connectivity index (χ0v) is 19.2. The fourth-order valence-corrected chi connectivity index (χ4v) is 4.61. The van der Waals surface area contributed by atoms with Gasteiger partial charge in [-0.15, -0.1) is 11.8 Å². The van der Waals surface area contributed by atoms with Gasteiger partial charge >= 0.3 is 0 Å². The van der Waals surface area contributed by atoms with E-state index in [2.05, 4.69) is 65.2 Å². The van der Waals surface area contributed by atoms with Crippen molar-refractivity contribution in [1.29, 1.82) is 0 Å². The van der Waals surface area contributed by atoms with Crippen molar-refractivity contribution in [3.8, 4) is 17.2 Å². The summed E-state index contributed by atoms with van der Waals surface area (Å²) in [5.41, 5.74) is 7.90. The van der Waals surface area contributed by atoms with Gasteiger partial charge in [0.05, 0.1) is 25.5 Å². The van der Waals surface area contributed by atoms with E-state index in [-0.39, 0.29) is 12.3 Å². The van der Waals surface area contributed by atoms with Crippen molar-refractivity contribution in [3.63, 3.8) is 0 Å². The third kappa shape index (κ3) is 3.70. The largest absolute Gasteiger partial charge is 0.494 e. The molecule has 0 saturated carbocycles. The van der Waals surface area contributed by atoms with Gasteiger partial charge in [0.2, 0.25) is 0 Å². The molecule has 5 nitrogen and oxygen atoms in total. The summed E-state index contributed by atoms with van der Waals surface area (Å²) < 4.78 is 17.8. The van der Waals surface area contributed by atoms with Crippen LogP contribution in [-0.2, 0) is 0 Å². The zero-order chi connectivity index (χ0) is 22.1. The average Bonchev–Trinajstić information content (AvgIpc) is 3.30. The Labute approximate surface area is 193 Å². The zero-order valence-electron chi connectivity index (χ0n) is 18.4. The molecule has 164 valence electrons. The molecule has 3 aromatic carbocycles. The topological polar surface area (TPSA) is 43.0 Å². The maximum absolute atomic E-state index is 6.54. The fraction of sp³-hybridized carbons (Fsp3) is 0.231. The molecule has 0 radical (unpaired) electrons. The third-order valence-corrected chi connectivity index (χ3v) is 6.52. The lowest BCUT2D eigenvalue weighted by molar-refractivity contribution is -0.0343. The molecule has 0 spiro atoms. The first-order valence-corrected chi connectivity index (χ1v) is 11.9. The lowest BCUT2D eigenvalue weighted by atomic mass is 10.00. The number of para-hydroxylation sites is 1. The third-order valence-electron chi connectivity index (χ3n) is 5.78. The number of methoxy groups -OCH3 is 1. The van der Waals surface area contributed by atoms with Crippen LogP contribution in [0.2, 0.25) is 0 Å². The maximum Gasteiger partial charge on any atom is 0.196 e. The highest BCUT2D eigenvalue weighted by Gasteiger charge is 2.41. The highest BCUT2D eigenvalue weighted by molar-refractivity contribution is 7.98. The standard InChI is InChI=1S/C26H26N2O3S/c1-4-30-19-12-8-17(9-13-19)22-16-23-21-6-5-7-24(29-2)25(21)31-26(28(23)27-22)18-10-14-20(32-3)15-11-18/h5-16,23,26-27H,4H2,1-3H3. The molecular weight excluding hydrogens is 420 g/mol. The van der Waals surface area contributed by atoms with Gasteiger partial charge in [-0.25, -0.2) is 0 Å². The first-order valence-electron chi connectivity index (χ1n) is 10.7. The Morgan fingerprint density at radius 3 is 2.50 bits per heavy atom. The van der Waals surface area contributed by atoms with Crippen molar-refractivity contribution in [2.24, 2.45) is 0 Å². The van der Waals surface area contributed by atoms with Crippen molar-refractivity contribution in [2.45, 2.75) is 24.1 Å². The maximum atomic E-state index is 6.54. The molecule has 2 atom stereocenters. The molecule has 0 fully saturated rings. The second-order valence-corrected chi connectivity index (χ2v) is 8.50. The number of thioether (sulfide) groups is 1. The molecule has 0 aromatic heterocycles. The minimum atomic E-state index is -0.295. The molecule has 1 N–H and O–H groups in total. The minimum absolute atomic E-state index is 0.0145. The number of hydrogen-bond acceptors (Lipinski definition) is 6. The van der Waals surface area contributed by atoms with Crippen molar-refractivity contribution in [3.05, 3.63) is 89.5 Å².